The van der Waals surface area contributed by atoms with Crippen LogP contribution >= 0.6 is 0 Å². The molecule has 72 valence electrons. The molecule has 0 unspecified atom stereocenters. The molecule has 0 atom stereocenters. The predicted molar refractivity (Wildman–Crippen MR) is 44.7 cm³/mol. The summed E-state index contributed by atoms with van der Waals surface area (Å²) in [5.74, 6) is 0.382. The number of nitrogens with zero attached hydrogens (tertiary/aromatic N) is 2. The van der Waals surface area contributed by atoms with Crippen LogP contribution in [0.3, 0.4) is 0 Å². The standard InChI is InChI=1S/C9H6F2N2O/c10-9(11)7-3-1-2-6(13-7)8-4-12-5-14-8/h1-5,9H. The summed E-state index contributed by atoms with van der Waals surface area (Å²) in [4.78, 5) is 7.41. The third kappa shape index (κ3) is 1.61. The normalized spacial score (nSPS) is 10.8. The van der Waals surface area contributed by atoms with Crippen LogP contribution in [-0.4, -0.2) is 9.97 Å². The smallest absolute Gasteiger partial charge is 0.280 e. The summed E-state index contributed by atoms with van der Waals surface area (Å²) in [5.41, 5.74) is 0.0965. The lowest BCUT2D eigenvalue weighted by atomic mass is 10.2. The molecule has 5 heteroatoms. The van der Waals surface area contributed by atoms with Gasteiger partial charge in [0.2, 0.25) is 0 Å². The largest absolute Gasteiger partial charge is 0.442 e. The lowest BCUT2D eigenvalue weighted by Gasteiger charge is -1.99. The van der Waals surface area contributed by atoms with Crippen LogP contribution in [0.4, 0.5) is 8.78 Å². The minimum Gasteiger partial charge on any atom is -0.442 e. The maximum atomic E-state index is 12.3. The van der Waals surface area contributed by atoms with Crippen molar-refractivity contribution in [1.29, 1.82) is 0 Å². The summed E-state index contributed by atoms with van der Waals surface area (Å²) in [7, 11) is 0. The second-order valence-corrected chi connectivity index (χ2v) is 2.61. The Balaban J connectivity index is 2.41. The molecule has 0 amide bonds. The van der Waals surface area contributed by atoms with Gasteiger partial charge < -0.3 is 4.42 Å². The van der Waals surface area contributed by atoms with Crippen molar-refractivity contribution in [3.63, 3.8) is 0 Å². The van der Waals surface area contributed by atoms with Crippen LogP contribution in [-0.2, 0) is 0 Å². The molecule has 0 aliphatic heterocycles. The summed E-state index contributed by atoms with van der Waals surface area (Å²) in [6.45, 7) is 0. The van der Waals surface area contributed by atoms with E-state index in [9.17, 15) is 8.78 Å². The van der Waals surface area contributed by atoms with E-state index in [1.165, 1.54) is 24.7 Å². The van der Waals surface area contributed by atoms with Gasteiger partial charge in [-0.25, -0.2) is 18.7 Å². The molecule has 3 nitrogen and oxygen atoms in total. The van der Waals surface area contributed by atoms with Gasteiger partial charge in [0.05, 0.1) is 6.20 Å². The van der Waals surface area contributed by atoms with Crippen molar-refractivity contribution < 1.29 is 13.2 Å². The Labute approximate surface area is 78.4 Å². The Kier molecular flexibility index (Phi) is 2.22. The third-order valence-corrected chi connectivity index (χ3v) is 1.68. The van der Waals surface area contributed by atoms with Crippen molar-refractivity contribution in [2.75, 3.05) is 0 Å². The van der Waals surface area contributed by atoms with Crippen LogP contribution in [0.15, 0.2) is 35.2 Å². The average Bonchev–Trinajstić information content (AvgIpc) is 2.71. The minimum absolute atomic E-state index is 0.265. The van der Waals surface area contributed by atoms with Crippen LogP contribution in [0.5, 0.6) is 0 Å². The number of halogens is 2. The van der Waals surface area contributed by atoms with Gasteiger partial charge in [-0.2, -0.15) is 0 Å². The second kappa shape index (κ2) is 3.53. The van der Waals surface area contributed by atoms with Crippen molar-refractivity contribution in [1.82, 2.24) is 9.97 Å². The quantitative estimate of drug-likeness (QED) is 0.741. The van der Waals surface area contributed by atoms with Crippen LogP contribution in [0, 0.1) is 0 Å². The molecule has 0 aliphatic rings. The van der Waals surface area contributed by atoms with Crippen molar-refractivity contribution in [3.8, 4) is 11.5 Å². The Hall–Kier alpha value is -1.78. The van der Waals surface area contributed by atoms with E-state index in [0.717, 1.165) is 0 Å². The lowest BCUT2D eigenvalue weighted by molar-refractivity contribution is 0.146. The van der Waals surface area contributed by atoms with E-state index in [1.807, 2.05) is 0 Å². The summed E-state index contributed by atoms with van der Waals surface area (Å²) in [6.07, 6.45) is 0.0850. The Morgan fingerprint density at radius 1 is 1.29 bits per heavy atom. The van der Waals surface area contributed by atoms with Crippen LogP contribution in [0.1, 0.15) is 12.1 Å². The fourth-order valence-electron chi connectivity index (χ4n) is 1.05. The summed E-state index contributed by atoms with van der Waals surface area (Å²) < 4.78 is 29.5. The maximum Gasteiger partial charge on any atom is 0.280 e. The molecule has 2 heterocycles. The second-order valence-electron chi connectivity index (χ2n) is 2.61. The molecule has 2 aromatic heterocycles. The fourth-order valence-corrected chi connectivity index (χ4v) is 1.05. The molecule has 0 bridgehead atoms. The monoisotopic (exact) mass is 196 g/mol. The van der Waals surface area contributed by atoms with Gasteiger partial charge in [-0.15, -0.1) is 0 Å². The number of rotatable bonds is 2. The fraction of sp³-hybridized carbons (Fsp3) is 0.111. The number of hydrogen-bond donors (Lipinski definition) is 0. The molecule has 0 aliphatic carbocycles. The molecule has 0 N–H and O–H groups in total. The topological polar surface area (TPSA) is 38.9 Å². The van der Waals surface area contributed by atoms with Crippen molar-refractivity contribution >= 4 is 0 Å². The SMILES string of the molecule is FC(F)c1cccc(-c2cnco2)n1. The van der Waals surface area contributed by atoms with Gasteiger partial charge in [0.1, 0.15) is 11.4 Å². The molecule has 0 aromatic carbocycles. The first-order valence-corrected chi connectivity index (χ1v) is 3.91. The Morgan fingerprint density at radius 3 is 2.79 bits per heavy atom. The molecule has 2 aromatic rings. The van der Waals surface area contributed by atoms with E-state index >= 15 is 0 Å². The van der Waals surface area contributed by atoms with Gasteiger partial charge in [-0.1, -0.05) is 6.07 Å². The van der Waals surface area contributed by atoms with E-state index in [-0.39, 0.29) is 5.69 Å². The highest BCUT2D eigenvalue weighted by Crippen LogP contribution is 2.21. The van der Waals surface area contributed by atoms with Crippen LogP contribution in [0.2, 0.25) is 0 Å². The van der Waals surface area contributed by atoms with Gasteiger partial charge in [0.15, 0.2) is 12.2 Å². The van der Waals surface area contributed by atoms with E-state index in [0.29, 0.717) is 11.5 Å². The summed E-state index contributed by atoms with van der Waals surface area (Å²) in [6, 6.07) is 4.36. The van der Waals surface area contributed by atoms with E-state index in [2.05, 4.69) is 9.97 Å². The first-order chi connectivity index (χ1) is 6.77. The molecule has 2 rings (SSSR count). The van der Waals surface area contributed by atoms with Crippen molar-refractivity contribution in [2.24, 2.45) is 0 Å². The average molecular weight is 196 g/mol. The third-order valence-electron chi connectivity index (χ3n) is 1.68. The lowest BCUT2D eigenvalue weighted by Crippen LogP contribution is -1.91. The molecule has 0 spiro atoms. The molecular weight excluding hydrogens is 190 g/mol. The summed E-state index contributed by atoms with van der Waals surface area (Å²) >= 11 is 0. The molecule has 14 heavy (non-hydrogen) atoms. The van der Waals surface area contributed by atoms with Crippen LogP contribution in [0.25, 0.3) is 11.5 Å². The highest BCUT2D eigenvalue weighted by molar-refractivity contribution is 5.50. The number of hydrogen-bond acceptors (Lipinski definition) is 3. The molecule has 0 radical (unpaired) electrons. The number of alkyl halides is 2. The number of aromatic nitrogens is 2. The van der Waals surface area contributed by atoms with Gasteiger partial charge in [0.25, 0.3) is 6.43 Å². The van der Waals surface area contributed by atoms with Gasteiger partial charge in [0, 0.05) is 0 Å². The first kappa shape index (κ1) is 8.80. The highest BCUT2D eigenvalue weighted by Gasteiger charge is 2.10. The molecule has 0 saturated carbocycles. The number of pyridine rings is 1. The minimum atomic E-state index is -2.57. The van der Waals surface area contributed by atoms with E-state index in [4.69, 9.17) is 4.42 Å². The first-order valence-electron chi connectivity index (χ1n) is 3.91. The van der Waals surface area contributed by atoms with Gasteiger partial charge in [-0.3, -0.25) is 0 Å². The molecular formula is C9H6F2N2O. The number of oxazole rings is 1. The van der Waals surface area contributed by atoms with E-state index < -0.39 is 6.43 Å². The van der Waals surface area contributed by atoms with Crippen molar-refractivity contribution in [3.05, 3.63) is 36.5 Å². The summed E-state index contributed by atoms with van der Waals surface area (Å²) in [5, 5.41) is 0. The Bertz CT molecular complexity index is 415. The predicted octanol–water partition coefficient (Wildman–Crippen LogP) is 2.67. The zero-order valence-corrected chi connectivity index (χ0v) is 7.02. The molecule has 0 saturated heterocycles. The van der Waals surface area contributed by atoms with Crippen LogP contribution < -0.4 is 0 Å². The maximum absolute atomic E-state index is 12.3. The van der Waals surface area contributed by atoms with Crippen molar-refractivity contribution in [2.45, 2.75) is 6.43 Å². The van der Waals surface area contributed by atoms with Gasteiger partial charge in [-0.05, 0) is 12.1 Å². The highest BCUT2D eigenvalue weighted by atomic mass is 19.3. The Morgan fingerprint density at radius 2 is 2.14 bits per heavy atom. The zero-order chi connectivity index (χ0) is 9.97. The zero-order valence-electron chi connectivity index (χ0n) is 7.02. The molecule has 0 fully saturated rings. The van der Waals surface area contributed by atoms with E-state index in [1.54, 1.807) is 6.07 Å². The van der Waals surface area contributed by atoms with Gasteiger partial charge >= 0.3 is 0 Å².